The lowest BCUT2D eigenvalue weighted by Gasteiger charge is -2.15. The van der Waals surface area contributed by atoms with Crippen LogP contribution in [0.2, 0.25) is 5.02 Å². The van der Waals surface area contributed by atoms with E-state index in [4.69, 9.17) is 11.6 Å². The van der Waals surface area contributed by atoms with Crippen LogP contribution in [-0.4, -0.2) is 16.2 Å². The molecular weight excluding hydrogens is 350 g/mol. The first-order chi connectivity index (χ1) is 12.2. The third kappa shape index (κ3) is 3.36. The normalized spacial score (nSPS) is 13.8. The maximum absolute atomic E-state index is 13.0. The maximum Gasteiger partial charge on any atom is 0.232 e. The van der Waals surface area contributed by atoms with E-state index in [0.717, 1.165) is 34.0 Å². The van der Waals surface area contributed by atoms with E-state index in [0.29, 0.717) is 6.42 Å². The first-order valence-electron chi connectivity index (χ1n) is 8.77. The van der Waals surface area contributed by atoms with Crippen molar-refractivity contribution in [1.29, 1.82) is 0 Å². The molecule has 0 saturated heterocycles. The Balaban J connectivity index is 1.55. The molecule has 3 aromatic rings. The molecule has 0 spiro atoms. The Morgan fingerprint density at radius 1 is 1.04 bits per heavy atom. The van der Waals surface area contributed by atoms with Crippen LogP contribution in [-0.2, 0) is 12.8 Å². The van der Waals surface area contributed by atoms with Crippen LogP contribution in [0.25, 0.3) is 10.9 Å². The van der Waals surface area contributed by atoms with Crippen molar-refractivity contribution in [3.8, 4) is 0 Å². The molecule has 0 aliphatic heterocycles. The van der Waals surface area contributed by atoms with Gasteiger partial charge in [0, 0.05) is 33.2 Å². The lowest BCUT2D eigenvalue weighted by atomic mass is 9.95. The lowest BCUT2D eigenvalue weighted by molar-refractivity contribution is 0.0912. The van der Waals surface area contributed by atoms with E-state index >= 15 is 0 Å². The van der Waals surface area contributed by atoms with Crippen LogP contribution in [0, 0.1) is 0 Å². The van der Waals surface area contributed by atoms with Gasteiger partial charge in [-0.05, 0) is 61.6 Å². The summed E-state index contributed by atoms with van der Waals surface area (Å²) in [6.07, 6.45) is 5.05. The van der Waals surface area contributed by atoms with Crippen LogP contribution < -0.4 is 0 Å². The van der Waals surface area contributed by atoms with Crippen molar-refractivity contribution in [2.45, 2.75) is 37.0 Å². The fourth-order valence-electron chi connectivity index (χ4n) is 3.68. The minimum Gasteiger partial charge on any atom is -0.284 e. The molecule has 0 bridgehead atoms. The van der Waals surface area contributed by atoms with Crippen LogP contribution >= 0.6 is 23.4 Å². The van der Waals surface area contributed by atoms with E-state index in [1.54, 1.807) is 11.8 Å². The number of carbonyl (C=O) groups is 1. The molecule has 128 valence electrons. The molecule has 0 amide bonds. The third-order valence-electron chi connectivity index (χ3n) is 4.83. The molecule has 0 N–H and O–H groups in total. The predicted molar refractivity (Wildman–Crippen MR) is 106 cm³/mol. The number of nitrogens with zero attached hydrogens (tertiary/aromatic N) is 1. The maximum atomic E-state index is 13.0. The number of para-hydroxylation sites is 1. The van der Waals surface area contributed by atoms with E-state index < -0.39 is 0 Å². The zero-order valence-electron chi connectivity index (χ0n) is 14.0. The van der Waals surface area contributed by atoms with E-state index in [1.165, 1.54) is 29.5 Å². The molecule has 0 unspecified atom stereocenters. The Kier molecular flexibility index (Phi) is 4.87. The van der Waals surface area contributed by atoms with E-state index in [1.807, 2.05) is 34.9 Å². The quantitative estimate of drug-likeness (QED) is 0.526. The number of rotatable bonds is 4. The Morgan fingerprint density at radius 2 is 1.80 bits per heavy atom. The number of halogens is 1. The second-order valence-electron chi connectivity index (χ2n) is 6.43. The van der Waals surface area contributed by atoms with Crippen LogP contribution in [0.3, 0.4) is 0 Å². The second-order valence-corrected chi connectivity index (χ2v) is 8.04. The van der Waals surface area contributed by atoms with Crippen LogP contribution in [0.4, 0.5) is 0 Å². The van der Waals surface area contributed by atoms with Gasteiger partial charge in [0.1, 0.15) is 0 Å². The number of aromatic nitrogens is 1. The van der Waals surface area contributed by atoms with Gasteiger partial charge in [0.25, 0.3) is 0 Å². The number of aryl methyl sites for hydroxylation is 1. The minimum atomic E-state index is 0.209. The Hall–Kier alpha value is -1.71. The molecule has 4 heteroatoms. The summed E-state index contributed by atoms with van der Waals surface area (Å²) in [4.78, 5) is 14.1. The van der Waals surface area contributed by atoms with Crippen molar-refractivity contribution in [2.75, 3.05) is 5.75 Å². The summed E-state index contributed by atoms with van der Waals surface area (Å²) in [6.45, 7) is 0. The SMILES string of the molecule is O=C(CCSc1ccc(Cl)cc1)n1c2c(c3ccccc31)CCCC2. The zero-order chi connectivity index (χ0) is 17.2. The number of benzene rings is 2. The van der Waals surface area contributed by atoms with Gasteiger partial charge in [-0.3, -0.25) is 9.36 Å². The summed E-state index contributed by atoms with van der Waals surface area (Å²) in [7, 11) is 0. The van der Waals surface area contributed by atoms with Gasteiger partial charge in [-0.2, -0.15) is 0 Å². The highest BCUT2D eigenvalue weighted by molar-refractivity contribution is 7.99. The lowest BCUT2D eigenvalue weighted by Crippen LogP contribution is -2.16. The molecular formula is C21H20ClNOS. The number of fused-ring (bicyclic) bond motifs is 3. The number of thioether (sulfide) groups is 1. The Labute approximate surface area is 157 Å². The minimum absolute atomic E-state index is 0.209. The zero-order valence-corrected chi connectivity index (χ0v) is 15.6. The van der Waals surface area contributed by atoms with Crippen molar-refractivity contribution in [2.24, 2.45) is 0 Å². The molecule has 0 saturated carbocycles. The summed E-state index contributed by atoms with van der Waals surface area (Å²) < 4.78 is 1.99. The van der Waals surface area contributed by atoms with Gasteiger partial charge in [0.2, 0.25) is 5.91 Å². The predicted octanol–water partition coefficient (Wildman–Crippen LogP) is 6.00. The van der Waals surface area contributed by atoms with Gasteiger partial charge in [-0.25, -0.2) is 0 Å². The highest BCUT2D eigenvalue weighted by Gasteiger charge is 2.22. The van der Waals surface area contributed by atoms with Crippen LogP contribution in [0.5, 0.6) is 0 Å². The summed E-state index contributed by atoms with van der Waals surface area (Å²) in [5, 5.41) is 2.00. The average Bonchev–Trinajstić information content (AvgIpc) is 2.98. The highest BCUT2D eigenvalue weighted by Crippen LogP contribution is 2.32. The molecule has 25 heavy (non-hydrogen) atoms. The van der Waals surface area contributed by atoms with Crippen LogP contribution in [0.15, 0.2) is 53.4 Å². The van der Waals surface area contributed by atoms with Gasteiger partial charge in [0.05, 0.1) is 5.52 Å². The van der Waals surface area contributed by atoms with Crippen molar-refractivity contribution >= 4 is 40.2 Å². The summed E-state index contributed by atoms with van der Waals surface area (Å²) >= 11 is 7.62. The van der Waals surface area contributed by atoms with Gasteiger partial charge < -0.3 is 0 Å². The monoisotopic (exact) mass is 369 g/mol. The smallest absolute Gasteiger partial charge is 0.232 e. The highest BCUT2D eigenvalue weighted by atomic mass is 35.5. The van der Waals surface area contributed by atoms with Crippen LogP contribution in [0.1, 0.15) is 35.3 Å². The average molecular weight is 370 g/mol. The Morgan fingerprint density at radius 3 is 2.64 bits per heavy atom. The van der Waals surface area contributed by atoms with E-state index in [-0.39, 0.29) is 5.91 Å². The fraction of sp³-hybridized carbons (Fsp3) is 0.286. The van der Waals surface area contributed by atoms with E-state index in [9.17, 15) is 4.79 Å². The first-order valence-corrected chi connectivity index (χ1v) is 10.1. The Bertz CT molecular complexity index is 914. The standard InChI is InChI=1S/C21H20ClNOS/c22-15-9-11-16(12-10-15)25-14-13-21(24)23-19-7-3-1-5-17(19)18-6-2-4-8-20(18)23/h1,3,5,7,9-12H,2,4,6,8,13-14H2. The van der Waals surface area contributed by atoms with E-state index in [2.05, 4.69) is 18.2 Å². The molecule has 0 radical (unpaired) electrons. The van der Waals surface area contributed by atoms with Crippen molar-refractivity contribution in [3.05, 3.63) is 64.8 Å². The molecule has 4 rings (SSSR count). The van der Waals surface area contributed by atoms with Gasteiger partial charge in [-0.15, -0.1) is 11.8 Å². The van der Waals surface area contributed by atoms with Gasteiger partial charge >= 0.3 is 0 Å². The molecule has 1 aliphatic rings. The second kappa shape index (κ2) is 7.27. The fourth-order valence-corrected chi connectivity index (χ4v) is 4.65. The molecule has 2 aromatic carbocycles. The van der Waals surface area contributed by atoms with Gasteiger partial charge in [-0.1, -0.05) is 29.8 Å². The van der Waals surface area contributed by atoms with Gasteiger partial charge in [0.15, 0.2) is 0 Å². The molecule has 0 atom stereocenters. The molecule has 1 heterocycles. The topological polar surface area (TPSA) is 22.0 Å². The molecule has 1 aliphatic carbocycles. The van der Waals surface area contributed by atoms with Crippen molar-refractivity contribution < 1.29 is 4.79 Å². The first kappa shape index (κ1) is 16.7. The summed E-state index contributed by atoms with van der Waals surface area (Å²) in [6, 6.07) is 16.1. The number of carbonyl (C=O) groups excluding carboxylic acids is 1. The largest absolute Gasteiger partial charge is 0.284 e. The molecule has 0 fully saturated rings. The summed E-state index contributed by atoms with van der Waals surface area (Å²) in [5.41, 5.74) is 3.71. The third-order valence-corrected chi connectivity index (χ3v) is 6.09. The number of hydrogen-bond acceptors (Lipinski definition) is 2. The van der Waals surface area contributed by atoms with Crippen molar-refractivity contribution in [3.63, 3.8) is 0 Å². The molecule has 2 nitrogen and oxygen atoms in total. The molecule has 1 aromatic heterocycles. The van der Waals surface area contributed by atoms with Crippen molar-refractivity contribution in [1.82, 2.24) is 4.57 Å². The summed E-state index contributed by atoms with van der Waals surface area (Å²) in [5.74, 6) is 0.989. The number of hydrogen-bond donors (Lipinski definition) is 0.